The fraction of sp³-hybridized carbons (Fsp3) is 0.250. The molecule has 0 atom stereocenters. The van der Waals surface area contributed by atoms with E-state index in [4.69, 9.17) is 9.52 Å². The summed E-state index contributed by atoms with van der Waals surface area (Å²) in [5.74, 6) is -1.66. The van der Waals surface area contributed by atoms with Crippen molar-refractivity contribution in [3.63, 3.8) is 0 Å². The van der Waals surface area contributed by atoms with E-state index >= 15 is 0 Å². The van der Waals surface area contributed by atoms with Gasteiger partial charge in [0, 0.05) is 17.6 Å². The smallest absolute Gasteiger partial charge is 0.338 e. The summed E-state index contributed by atoms with van der Waals surface area (Å²) >= 11 is 1.43. The minimum Gasteiger partial charge on any atom is -0.478 e. The molecule has 2 aromatic heterocycles. The first kappa shape index (κ1) is 13.3. The first-order valence-corrected chi connectivity index (χ1v) is 6.32. The molecule has 2 N–H and O–H groups in total. The third-order valence-electron chi connectivity index (χ3n) is 2.46. The number of nitrogens with zero attached hydrogens (tertiary/aromatic N) is 1. The third-order valence-corrected chi connectivity index (χ3v) is 3.56. The van der Waals surface area contributed by atoms with Crippen molar-refractivity contribution in [2.45, 2.75) is 19.4 Å². The van der Waals surface area contributed by atoms with Gasteiger partial charge in [0.15, 0.2) is 5.76 Å². The molecule has 2 rings (SSSR count). The fourth-order valence-electron chi connectivity index (χ4n) is 1.50. The number of aromatic carboxylic acids is 1. The molecule has 19 heavy (non-hydrogen) atoms. The predicted molar refractivity (Wildman–Crippen MR) is 68.3 cm³/mol. The maximum absolute atomic E-state index is 12.0. The Balaban J connectivity index is 2.14. The summed E-state index contributed by atoms with van der Waals surface area (Å²) in [6.07, 6.45) is 2.69. The topological polar surface area (TPSA) is 92.4 Å². The Hall–Kier alpha value is -2.15. The number of thiazole rings is 1. The van der Waals surface area contributed by atoms with Crippen LogP contribution in [0.15, 0.2) is 28.3 Å². The first-order valence-electron chi connectivity index (χ1n) is 5.44. The van der Waals surface area contributed by atoms with Gasteiger partial charge in [0.25, 0.3) is 5.91 Å². The number of nitrogens with one attached hydrogen (secondary N) is 1. The van der Waals surface area contributed by atoms with Gasteiger partial charge in [-0.05, 0) is 13.8 Å². The van der Waals surface area contributed by atoms with Crippen LogP contribution in [0.4, 0.5) is 0 Å². The summed E-state index contributed by atoms with van der Waals surface area (Å²) in [5, 5.41) is 14.1. The Morgan fingerprint density at radius 1 is 1.47 bits per heavy atom. The lowest BCUT2D eigenvalue weighted by molar-refractivity contribution is 0.0695. The summed E-state index contributed by atoms with van der Waals surface area (Å²) < 4.78 is 4.94. The number of hydrogen-bond donors (Lipinski definition) is 2. The van der Waals surface area contributed by atoms with E-state index < -0.39 is 17.4 Å². The van der Waals surface area contributed by atoms with Crippen LogP contribution in [0.2, 0.25) is 0 Å². The molecule has 1 amide bonds. The van der Waals surface area contributed by atoms with Crippen LogP contribution < -0.4 is 5.32 Å². The molecule has 0 fully saturated rings. The highest BCUT2D eigenvalue weighted by molar-refractivity contribution is 7.09. The summed E-state index contributed by atoms with van der Waals surface area (Å²) in [6, 6.07) is 1.19. The van der Waals surface area contributed by atoms with Gasteiger partial charge in [-0.3, -0.25) is 4.79 Å². The Labute approximate surface area is 113 Å². The summed E-state index contributed by atoms with van der Waals surface area (Å²) in [5.41, 5.74) is -0.710. The maximum atomic E-state index is 12.0. The van der Waals surface area contributed by atoms with Gasteiger partial charge in [0.2, 0.25) is 0 Å². The van der Waals surface area contributed by atoms with Crippen LogP contribution in [0.25, 0.3) is 0 Å². The van der Waals surface area contributed by atoms with Crippen LogP contribution >= 0.6 is 11.3 Å². The monoisotopic (exact) mass is 280 g/mol. The van der Waals surface area contributed by atoms with Crippen molar-refractivity contribution in [2.75, 3.05) is 0 Å². The Kier molecular flexibility index (Phi) is 3.39. The lowest BCUT2D eigenvalue weighted by atomic mass is 10.1. The molecule has 0 saturated carbocycles. The molecular formula is C12H12N2O4S. The third kappa shape index (κ3) is 2.82. The second kappa shape index (κ2) is 4.85. The molecule has 0 aliphatic rings. The van der Waals surface area contributed by atoms with Crippen LogP contribution in [0.1, 0.15) is 39.8 Å². The Morgan fingerprint density at radius 3 is 2.74 bits per heavy atom. The second-order valence-corrected chi connectivity index (χ2v) is 5.32. The molecule has 2 heterocycles. The van der Waals surface area contributed by atoms with Crippen molar-refractivity contribution in [2.24, 2.45) is 0 Å². The second-order valence-electron chi connectivity index (χ2n) is 4.42. The van der Waals surface area contributed by atoms with Gasteiger partial charge in [0.05, 0.1) is 11.1 Å². The average Bonchev–Trinajstić information content (AvgIpc) is 3.00. The van der Waals surface area contributed by atoms with Crippen molar-refractivity contribution in [3.05, 3.63) is 40.2 Å². The minimum absolute atomic E-state index is 0.0398. The van der Waals surface area contributed by atoms with E-state index in [1.54, 1.807) is 6.20 Å². The zero-order valence-electron chi connectivity index (χ0n) is 10.3. The molecule has 100 valence electrons. The molecule has 0 aromatic carbocycles. The van der Waals surface area contributed by atoms with Gasteiger partial charge in [-0.1, -0.05) is 0 Å². The zero-order chi connectivity index (χ0) is 14.0. The summed E-state index contributed by atoms with van der Waals surface area (Å²) in [6.45, 7) is 3.62. The van der Waals surface area contributed by atoms with Gasteiger partial charge >= 0.3 is 5.97 Å². The van der Waals surface area contributed by atoms with Crippen molar-refractivity contribution < 1.29 is 19.1 Å². The van der Waals surface area contributed by atoms with E-state index in [-0.39, 0.29) is 11.3 Å². The van der Waals surface area contributed by atoms with Gasteiger partial charge in [-0.15, -0.1) is 11.3 Å². The van der Waals surface area contributed by atoms with Crippen molar-refractivity contribution in [1.82, 2.24) is 10.3 Å². The number of aromatic nitrogens is 1. The molecule has 0 aliphatic carbocycles. The number of rotatable bonds is 4. The number of amides is 1. The van der Waals surface area contributed by atoms with Crippen LogP contribution in [0.3, 0.4) is 0 Å². The van der Waals surface area contributed by atoms with E-state index in [2.05, 4.69) is 10.3 Å². The molecule has 2 aromatic rings. The zero-order valence-corrected chi connectivity index (χ0v) is 11.2. The van der Waals surface area contributed by atoms with Crippen LogP contribution in [-0.2, 0) is 5.54 Å². The van der Waals surface area contributed by atoms with E-state index in [0.717, 1.165) is 11.3 Å². The highest BCUT2D eigenvalue weighted by Gasteiger charge is 2.27. The minimum atomic E-state index is -1.14. The molecule has 0 saturated heterocycles. The number of carboxylic acid groups (broad SMARTS) is 1. The van der Waals surface area contributed by atoms with E-state index in [1.807, 2.05) is 19.2 Å². The van der Waals surface area contributed by atoms with E-state index in [9.17, 15) is 9.59 Å². The van der Waals surface area contributed by atoms with Crippen LogP contribution in [-0.4, -0.2) is 22.0 Å². The lowest BCUT2D eigenvalue weighted by Crippen LogP contribution is -2.40. The quantitative estimate of drug-likeness (QED) is 0.894. The van der Waals surface area contributed by atoms with Gasteiger partial charge < -0.3 is 14.8 Å². The highest BCUT2D eigenvalue weighted by atomic mass is 32.1. The Morgan fingerprint density at radius 2 is 2.21 bits per heavy atom. The van der Waals surface area contributed by atoms with Crippen LogP contribution in [0, 0.1) is 0 Å². The molecule has 0 radical (unpaired) electrons. The SMILES string of the molecule is CC(C)(NC(=O)c1cc(C(=O)O)co1)c1nccs1. The van der Waals surface area contributed by atoms with E-state index in [0.29, 0.717) is 0 Å². The number of carbonyl (C=O) groups excluding carboxylic acids is 1. The number of furan rings is 1. The summed E-state index contributed by atoms with van der Waals surface area (Å²) in [7, 11) is 0. The Bertz CT molecular complexity index is 601. The van der Waals surface area contributed by atoms with Crippen molar-refractivity contribution in [3.8, 4) is 0 Å². The molecule has 0 unspecified atom stereocenters. The highest BCUT2D eigenvalue weighted by Crippen LogP contribution is 2.22. The number of carbonyl (C=O) groups is 2. The van der Waals surface area contributed by atoms with Gasteiger partial charge in [-0.25, -0.2) is 9.78 Å². The maximum Gasteiger partial charge on any atom is 0.338 e. The molecule has 7 heteroatoms. The van der Waals surface area contributed by atoms with Crippen molar-refractivity contribution in [1.29, 1.82) is 0 Å². The lowest BCUT2D eigenvalue weighted by Gasteiger charge is -2.22. The van der Waals surface area contributed by atoms with Gasteiger partial charge in [0.1, 0.15) is 11.3 Å². The first-order chi connectivity index (χ1) is 8.90. The standard InChI is InChI=1S/C12H12N2O4S/c1-12(2,11-13-3-4-19-11)14-9(15)8-5-7(6-18-8)10(16)17/h3-6H,1-2H3,(H,14,15)(H,16,17). The van der Waals surface area contributed by atoms with Crippen molar-refractivity contribution >= 4 is 23.2 Å². The normalized spacial score (nSPS) is 11.3. The number of carboxylic acids is 1. The number of hydrogen-bond acceptors (Lipinski definition) is 5. The molecular weight excluding hydrogens is 268 g/mol. The van der Waals surface area contributed by atoms with Gasteiger partial charge in [-0.2, -0.15) is 0 Å². The largest absolute Gasteiger partial charge is 0.478 e. The molecule has 6 nitrogen and oxygen atoms in total. The fourth-order valence-corrected chi connectivity index (χ4v) is 2.22. The van der Waals surface area contributed by atoms with E-state index in [1.165, 1.54) is 17.4 Å². The van der Waals surface area contributed by atoms with Crippen LogP contribution in [0.5, 0.6) is 0 Å². The molecule has 0 aliphatic heterocycles. The summed E-state index contributed by atoms with van der Waals surface area (Å²) in [4.78, 5) is 26.8. The molecule has 0 bridgehead atoms. The predicted octanol–water partition coefficient (Wildman–Crippen LogP) is 2.10. The average molecular weight is 280 g/mol. The molecule has 0 spiro atoms.